The Morgan fingerprint density at radius 3 is 2.54 bits per heavy atom. The third kappa shape index (κ3) is 7.14. The third-order valence-electron chi connectivity index (χ3n) is 3.99. The second kappa shape index (κ2) is 10.3. The Balaban J connectivity index is 1.78. The molecule has 28 heavy (non-hydrogen) atoms. The molecule has 1 amide bonds. The molecule has 0 bridgehead atoms. The molecule has 2 aromatic carbocycles. The summed E-state index contributed by atoms with van der Waals surface area (Å²) in [5, 5.41) is -0.182. The number of benzene rings is 2. The average molecular weight is 486 g/mol. The molecule has 0 fully saturated rings. The Kier molecular flexibility index (Phi) is 8.39. The van der Waals surface area contributed by atoms with Crippen LogP contribution in [0.25, 0.3) is 0 Å². The molecule has 2 rings (SSSR count). The van der Waals surface area contributed by atoms with E-state index in [2.05, 4.69) is 15.9 Å². The van der Waals surface area contributed by atoms with Gasteiger partial charge in [-0.25, -0.2) is 8.42 Å². The lowest BCUT2D eigenvalue weighted by Crippen LogP contribution is -2.34. The van der Waals surface area contributed by atoms with E-state index in [1.165, 1.54) is 24.1 Å². The van der Waals surface area contributed by atoms with Crippen LogP contribution < -0.4 is 4.74 Å². The SMILES string of the molecule is CC(Sc1ccc(Br)cc1)C(=O)N(C)CCCOc1cccc(S(C)(=O)=O)c1. The molecule has 0 aromatic heterocycles. The van der Waals surface area contributed by atoms with Crippen LogP contribution in [0, 0.1) is 0 Å². The molecule has 0 aliphatic heterocycles. The van der Waals surface area contributed by atoms with E-state index in [0.29, 0.717) is 25.3 Å². The Hall–Kier alpha value is -1.51. The lowest BCUT2D eigenvalue weighted by molar-refractivity contribution is -0.129. The highest BCUT2D eigenvalue weighted by molar-refractivity contribution is 9.10. The van der Waals surface area contributed by atoms with Crippen LogP contribution in [0.5, 0.6) is 5.75 Å². The number of hydrogen-bond acceptors (Lipinski definition) is 5. The fraction of sp³-hybridized carbons (Fsp3) is 0.350. The van der Waals surface area contributed by atoms with Gasteiger partial charge in [-0.05, 0) is 55.8 Å². The number of hydrogen-bond donors (Lipinski definition) is 0. The predicted octanol–water partition coefficient (Wildman–Crippen LogP) is 4.26. The summed E-state index contributed by atoms with van der Waals surface area (Å²) in [6, 6.07) is 14.3. The van der Waals surface area contributed by atoms with Gasteiger partial charge in [0, 0.05) is 29.2 Å². The molecule has 0 aliphatic carbocycles. The van der Waals surface area contributed by atoms with E-state index in [1.807, 2.05) is 31.2 Å². The highest BCUT2D eigenvalue weighted by Crippen LogP contribution is 2.25. The first-order valence-electron chi connectivity index (χ1n) is 8.77. The zero-order valence-corrected chi connectivity index (χ0v) is 19.3. The van der Waals surface area contributed by atoms with E-state index in [9.17, 15) is 13.2 Å². The Labute approximate surface area is 179 Å². The van der Waals surface area contributed by atoms with Crippen molar-refractivity contribution in [3.8, 4) is 5.75 Å². The molecule has 1 unspecified atom stereocenters. The Morgan fingerprint density at radius 1 is 1.21 bits per heavy atom. The van der Waals surface area contributed by atoms with Crippen molar-refractivity contribution in [2.75, 3.05) is 26.5 Å². The van der Waals surface area contributed by atoms with Gasteiger partial charge in [0.1, 0.15) is 5.75 Å². The van der Waals surface area contributed by atoms with E-state index >= 15 is 0 Å². The van der Waals surface area contributed by atoms with Crippen molar-refractivity contribution >= 4 is 43.4 Å². The molecule has 8 heteroatoms. The maximum atomic E-state index is 12.5. The fourth-order valence-corrected chi connectivity index (χ4v) is 4.38. The van der Waals surface area contributed by atoms with Crippen molar-refractivity contribution in [3.05, 3.63) is 53.0 Å². The zero-order valence-electron chi connectivity index (χ0n) is 16.1. The summed E-state index contributed by atoms with van der Waals surface area (Å²) in [5.41, 5.74) is 0. The van der Waals surface area contributed by atoms with Gasteiger partial charge in [0.05, 0.1) is 16.8 Å². The fourth-order valence-electron chi connectivity index (χ4n) is 2.47. The molecule has 152 valence electrons. The molecule has 0 radical (unpaired) electrons. The van der Waals surface area contributed by atoms with E-state index in [-0.39, 0.29) is 16.1 Å². The van der Waals surface area contributed by atoms with Crippen molar-refractivity contribution in [2.45, 2.75) is 28.4 Å². The van der Waals surface area contributed by atoms with Gasteiger partial charge in [0.25, 0.3) is 0 Å². The molecule has 0 heterocycles. The molecule has 0 N–H and O–H groups in total. The van der Waals surface area contributed by atoms with Gasteiger partial charge in [0.2, 0.25) is 5.91 Å². The van der Waals surface area contributed by atoms with E-state index in [4.69, 9.17) is 4.74 Å². The van der Waals surface area contributed by atoms with Crippen molar-refractivity contribution in [1.29, 1.82) is 0 Å². The first-order chi connectivity index (χ1) is 13.2. The van der Waals surface area contributed by atoms with Crippen LogP contribution in [0.3, 0.4) is 0 Å². The minimum absolute atomic E-state index is 0.0620. The quantitative estimate of drug-likeness (QED) is 0.392. The minimum atomic E-state index is -3.26. The highest BCUT2D eigenvalue weighted by Gasteiger charge is 2.18. The summed E-state index contributed by atoms with van der Waals surface area (Å²) < 4.78 is 29.8. The number of carbonyl (C=O) groups excluding carboxylic acids is 1. The largest absolute Gasteiger partial charge is 0.493 e. The lowest BCUT2D eigenvalue weighted by Gasteiger charge is -2.21. The van der Waals surface area contributed by atoms with Gasteiger partial charge in [-0.2, -0.15) is 0 Å². The van der Waals surface area contributed by atoms with E-state index in [1.54, 1.807) is 30.1 Å². The van der Waals surface area contributed by atoms with Gasteiger partial charge in [-0.3, -0.25) is 4.79 Å². The van der Waals surface area contributed by atoms with Gasteiger partial charge in [-0.15, -0.1) is 11.8 Å². The van der Waals surface area contributed by atoms with Gasteiger partial charge in [-0.1, -0.05) is 22.0 Å². The topological polar surface area (TPSA) is 63.7 Å². The van der Waals surface area contributed by atoms with Crippen molar-refractivity contribution in [2.24, 2.45) is 0 Å². The number of thioether (sulfide) groups is 1. The molecule has 0 saturated carbocycles. The number of amides is 1. The third-order valence-corrected chi connectivity index (χ3v) is 6.73. The lowest BCUT2D eigenvalue weighted by atomic mass is 10.3. The van der Waals surface area contributed by atoms with Crippen LogP contribution in [0.2, 0.25) is 0 Å². The maximum absolute atomic E-state index is 12.5. The van der Waals surface area contributed by atoms with Crippen LogP contribution >= 0.6 is 27.7 Å². The van der Waals surface area contributed by atoms with E-state index in [0.717, 1.165) is 9.37 Å². The molecule has 1 atom stereocenters. The minimum Gasteiger partial charge on any atom is -0.493 e. The van der Waals surface area contributed by atoms with Crippen LogP contribution in [0.1, 0.15) is 13.3 Å². The molecular weight excluding hydrogens is 462 g/mol. The summed E-state index contributed by atoms with van der Waals surface area (Å²) in [6.45, 7) is 2.87. The molecule has 5 nitrogen and oxygen atoms in total. The van der Waals surface area contributed by atoms with Gasteiger partial charge < -0.3 is 9.64 Å². The normalized spacial score (nSPS) is 12.4. The first kappa shape index (κ1) is 22.8. The number of rotatable bonds is 9. The second-order valence-corrected chi connectivity index (χ2v) is 10.8. The number of sulfone groups is 1. The monoisotopic (exact) mass is 485 g/mol. The molecule has 0 spiro atoms. The number of carbonyl (C=O) groups is 1. The molecular formula is C20H24BrNO4S2. The van der Waals surface area contributed by atoms with Crippen LogP contribution in [0.4, 0.5) is 0 Å². The van der Waals surface area contributed by atoms with Gasteiger partial charge >= 0.3 is 0 Å². The molecule has 0 aliphatic rings. The number of nitrogens with zero attached hydrogens (tertiary/aromatic N) is 1. The van der Waals surface area contributed by atoms with Crippen LogP contribution in [0.15, 0.2) is 62.8 Å². The Bertz CT molecular complexity index is 901. The summed E-state index contributed by atoms with van der Waals surface area (Å²) in [5.74, 6) is 0.572. The van der Waals surface area contributed by atoms with Crippen LogP contribution in [-0.2, 0) is 14.6 Å². The predicted molar refractivity (Wildman–Crippen MR) is 117 cm³/mol. The number of halogens is 1. The summed E-state index contributed by atoms with van der Waals surface area (Å²) in [6.07, 6.45) is 1.82. The molecule has 2 aromatic rings. The Morgan fingerprint density at radius 2 is 1.89 bits per heavy atom. The summed E-state index contributed by atoms with van der Waals surface area (Å²) >= 11 is 4.93. The molecule has 0 saturated heterocycles. The van der Waals surface area contributed by atoms with Crippen molar-refractivity contribution in [3.63, 3.8) is 0 Å². The van der Waals surface area contributed by atoms with Crippen LogP contribution in [-0.4, -0.2) is 50.9 Å². The summed E-state index contributed by atoms with van der Waals surface area (Å²) in [7, 11) is -1.47. The van der Waals surface area contributed by atoms with Crippen molar-refractivity contribution in [1.82, 2.24) is 4.90 Å². The zero-order chi connectivity index (χ0) is 20.7. The average Bonchev–Trinajstić information content (AvgIpc) is 2.65. The standard InChI is InChI=1S/C20H24BrNO4S2/c1-15(27-18-10-8-16(21)9-11-18)20(23)22(2)12-5-13-26-17-6-4-7-19(14-17)28(3,24)25/h4,6-11,14-15H,5,12-13H2,1-3H3. The smallest absolute Gasteiger partial charge is 0.235 e. The highest BCUT2D eigenvalue weighted by atomic mass is 79.9. The van der Waals surface area contributed by atoms with Crippen molar-refractivity contribution < 1.29 is 17.9 Å². The first-order valence-corrected chi connectivity index (χ1v) is 12.3. The van der Waals surface area contributed by atoms with E-state index < -0.39 is 9.84 Å². The number of ether oxygens (including phenoxy) is 1. The maximum Gasteiger partial charge on any atom is 0.235 e. The summed E-state index contributed by atoms with van der Waals surface area (Å²) in [4.78, 5) is 15.5. The second-order valence-electron chi connectivity index (χ2n) is 6.42. The van der Waals surface area contributed by atoms with Gasteiger partial charge in [0.15, 0.2) is 9.84 Å².